The van der Waals surface area contributed by atoms with E-state index in [2.05, 4.69) is 20.8 Å². The molecule has 0 amide bonds. The second-order valence-corrected chi connectivity index (χ2v) is 8.84. The maximum absolute atomic E-state index is 9.87. The summed E-state index contributed by atoms with van der Waals surface area (Å²) in [5, 5.41) is 37.3. The fourth-order valence-corrected chi connectivity index (χ4v) is 2.94. The van der Waals surface area contributed by atoms with Crippen molar-refractivity contribution in [3.63, 3.8) is 0 Å². The van der Waals surface area contributed by atoms with Crippen LogP contribution in [0.2, 0.25) is 0 Å². The summed E-state index contributed by atoms with van der Waals surface area (Å²) in [5.41, 5.74) is 1.16. The molecule has 0 saturated carbocycles. The van der Waals surface area contributed by atoms with Crippen LogP contribution in [0, 0.1) is 11.8 Å². The molecule has 0 saturated heterocycles. The minimum atomic E-state index is -0.952. The normalized spacial score (nSPS) is 16.5. The van der Waals surface area contributed by atoms with Gasteiger partial charge < -0.3 is 34.6 Å². The summed E-state index contributed by atoms with van der Waals surface area (Å²) in [6, 6.07) is 0. The zero-order chi connectivity index (χ0) is 22.8. The lowest BCUT2D eigenvalue weighted by Crippen LogP contribution is -2.28. The predicted octanol–water partition coefficient (Wildman–Crippen LogP) is 2.65. The maximum Gasteiger partial charge on any atom is 0.115 e. The van der Waals surface area contributed by atoms with E-state index in [1.807, 2.05) is 6.92 Å². The van der Waals surface area contributed by atoms with E-state index in [-0.39, 0.29) is 39.6 Å². The van der Waals surface area contributed by atoms with Crippen LogP contribution in [-0.4, -0.2) is 78.4 Å². The number of rotatable bonds is 20. The molecule has 0 radical (unpaired) electrons. The first-order valence-electron chi connectivity index (χ1n) is 11.3. The molecule has 0 aliphatic carbocycles. The van der Waals surface area contributed by atoms with Gasteiger partial charge in [0.05, 0.1) is 39.3 Å². The molecular weight excluding hydrogens is 388 g/mol. The van der Waals surface area contributed by atoms with Crippen LogP contribution in [0.25, 0.3) is 0 Å². The van der Waals surface area contributed by atoms with Crippen molar-refractivity contribution in [1.29, 1.82) is 0 Å². The van der Waals surface area contributed by atoms with Gasteiger partial charge in [-0.3, -0.25) is 0 Å². The van der Waals surface area contributed by atoms with Crippen LogP contribution >= 0.6 is 0 Å². The first-order valence-corrected chi connectivity index (χ1v) is 11.3. The van der Waals surface area contributed by atoms with Crippen molar-refractivity contribution < 1.29 is 34.6 Å². The SMILES string of the molecule is C/C(=C\OCC(O)COCC(O)COCC(O)CO)CCCC(C)CCCC(C)C. The second kappa shape index (κ2) is 19.0. The maximum atomic E-state index is 9.87. The van der Waals surface area contributed by atoms with E-state index in [4.69, 9.17) is 24.4 Å². The van der Waals surface area contributed by atoms with Crippen molar-refractivity contribution in [2.75, 3.05) is 39.6 Å². The number of aliphatic hydroxyl groups excluding tert-OH is 4. The minimum Gasteiger partial charge on any atom is -0.498 e. The van der Waals surface area contributed by atoms with E-state index >= 15 is 0 Å². The topological polar surface area (TPSA) is 109 Å². The average molecular weight is 435 g/mol. The van der Waals surface area contributed by atoms with Gasteiger partial charge in [0, 0.05) is 0 Å². The minimum absolute atomic E-state index is 0.0104. The lowest BCUT2D eigenvalue weighted by atomic mass is 9.95. The molecule has 0 spiro atoms. The van der Waals surface area contributed by atoms with Gasteiger partial charge >= 0.3 is 0 Å². The number of ether oxygens (including phenoxy) is 3. The quantitative estimate of drug-likeness (QED) is 0.218. The van der Waals surface area contributed by atoms with Gasteiger partial charge in [-0.25, -0.2) is 0 Å². The molecular formula is C23H46O7. The number of hydrogen-bond donors (Lipinski definition) is 4. The molecule has 4 N–H and O–H groups in total. The van der Waals surface area contributed by atoms with Crippen LogP contribution in [0.5, 0.6) is 0 Å². The van der Waals surface area contributed by atoms with E-state index in [0.717, 1.165) is 30.3 Å². The summed E-state index contributed by atoms with van der Waals surface area (Å²) in [7, 11) is 0. The van der Waals surface area contributed by atoms with Gasteiger partial charge in [-0.2, -0.15) is 0 Å². The summed E-state index contributed by atoms with van der Waals surface area (Å²) in [6.07, 6.45) is 6.42. The van der Waals surface area contributed by atoms with E-state index in [1.165, 1.54) is 25.7 Å². The average Bonchev–Trinajstić information content (AvgIpc) is 2.67. The zero-order valence-electron chi connectivity index (χ0n) is 19.5. The Hall–Kier alpha value is -0.700. The highest BCUT2D eigenvalue weighted by Gasteiger charge is 2.10. The zero-order valence-corrected chi connectivity index (χ0v) is 19.5. The fourth-order valence-electron chi connectivity index (χ4n) is 2.94. The molecule has 0 aliphatic rings. The van der Waals surface area contributed by atoms with Crippen LogP contribution < -0.4 is 0 Å². The summed E-state index contributed by atoms with van der Waals surface area (Å²) in [6.45, 7) is 8.67. The molecule has 0 aromatic carbocycles. The summed E-state index contributed by atoms with van der Waals surface area (Å²) in [5.74, 6) is 1.55. The molecule has 0 bridgehead atoms. The molecule has 4 unspecified atom stereocenters. The molecule has 4 atom stereocenters. The first-order chi connectivity index (χ1) is 14.2. The number of allylic oxidation sites excluding steroid dienone is 1. The molecule has 0 fully saturated rings. The second-order valence-electron chi connectivity index (χ2n) is 8.84. The fraction of sp³-hybridized carbons (Fsp3) is 0.913. The molecule has 7 heteroatoms. The van der Waals surface area contributed by atoms with Gasteiger partial charge in [0.1, 0.15) is 24.9 Å². The Morgan fingerprint density at radius 1 is 0.767 bits per heavy atom. The van der Waals surface area contributed by atoms with Gasteiger partial charge in [0.2, 0.25) is 0 Å². The standard InChI is InChI=1S/C23H46O7/c1-18(2)7-5-8-19(3)9-6-10-20(4)12-28-14-22(26)16-30-17-23(27)15-29-13-21(25)11-24/h12,18-19,21-27H,5-11,13-17H2,1-4H3/b20-12+. The van der Waals surface area contributed by atoms with E-state index < -0.39 is 18.3 Å². The van der Waals surface area contributed by atoms with Crippen molar-refractivity contribution in [2.45, 2.75) is 84.5 Å². The number of aliphatic hydroxyl groups is 4. The lowest BCUT2D eigenvalue weighted by molar-refractivity contribution is -0.0633. The van der Waals surface area contributed by atoms with E-state index in [9.17, 15) is 10.2 Å². The van der Waals surface area contributed by atoms with E-state index in [0.29, 0.717) is 0 Å². The molecule has 0 rings (SSSR count). The van der Waals surface area contributed by atoms with Crippen LogP contribution in [0.3, 0.4) is 0 Å². The highest BCUT2D eigenvalue weighted by Crippen LogP contribution is 2.19. The Morgan fingerprint density at radius 3 is 1.87 bits per heavy atom. The van der Waals surface area contributed by atoms with Gasteiger partial charge in [-0.15, -0.1) is 0 Å². The Bertz CT molecular complexity index is 414. The van der Waals surface area contributed by atoms with Gasteiger partial charge in [0.15, 0.2) is 0 Å². The molecule has 0 heterocycles. The summed E-state index contributed by atoms with van der Waals surface area (Å²) >= 11 is 0. The monoisotopic (exact) mass is 434 g/mol. The summed E-state index contributed by atoms with van der Waals surface area (Å²) < 4.78 is 15.7. The number of hydrogen-bond acceptors (Lipinski definition) is 7. The molecule has 0 aromatic heterocycles. The van der Waals surface area contributed by atoms with Crippen LogP contribution in [-0.2, 0) is 14.2 Å². The van der Waals surface area contributed by atoms with Crippen molar-refractivity contribution in [3.8, 4) is 0 Å². The first kappa shape index (κ1) is 29.3. The molecule has 0 aromatic rings. The predicted molar refractivity (Wildman–Crippen MR) is 118 cm³/mol. The Balaban J connectivity index is 3.70. The Labute approximate surface area is 183 Å². The Kier molecular flexibility index (Phi) is 18.6. The molecule has 0 aliphatic heterocycles. The summed E-state index contributed by atoms with van der Waals surface area (Å²) in [4.78, 5) is 0. The van der Waals surface area contributed by atoms with Gasteiger partial charge in [0.25, 0.3) is 0 Å². The van der Waals surface area contributed by atoms with Crippen molar-refractivity contribution in [2.24, 2.45) is 11.8 Å². The van der Waals surface area contributed by atoms with Crippen LogP contribution in [0.4, 0.5) is 0 Å². The molecule has 7 nitrogen and oxygen atoms in total. The molecule has 30 heavy (non-hydrogen) atoms. The Morgan fingerprint density at radius 2 is 1.30 bits per heavy atom. The van der Waals surface area contributed by atoms with Crippen LogP contribution in [0.15, 0.2) is 11.8 Å². The third-order valence-corrected chi connectivity index (χ3v) is 4.77. The van der Waals surface area contributed by atoms with E-state index in [1.54, 1.807) is 6.26 Å². The van der Waals surface area contributed by atoms with Crippen molar-refractivity contribution in [3.05, 3.63) is 11.8 Å². The van der Waals surface area contributed by atoms with Crippen LogP contribution in [0.1, 0.15) is 66.2 Å². The molecule has 180 valence electrons. The van der Waals surface area contributed by atoms with Crippen molar-refractivity contribution >= 4 is 0 Å². The largest absolute Gasteiger partial charge is 0.498 e. The van der Waals surface area contributed by atoms with Gasteiger partial charge in [-0.1, -0.05) is 46.5 Å². The highest BCUT2D eigenvalue weighted by atomic mass is 16.5. The lowest BCUT2D eigenvalue weighted by Gasteiger charge is -2.15. The smallest absolute Gasteiger partial charge is 0.115 e. The third kappa shape index (κ3) is 19.3. The third-order valence-electron chi connectivity index (χ3n) is 4.77. The van der Waals surface area contributed by atoms with Crippen molar-refractivity contribution in [1.82, 2.24) is 0 Å². The highest BCUT2D eigenvalue weighted by molar-refractivity contribution is 4.92. The van der Waals surface area contributed by atoms with Gasteiger partial charge in [-0.05, 0) is 37.2 Å².